The molecule has 0 fully saturated rings. The molecule has 0 aliphatic heterocycles. The van der Waals surface area contributed by atoms with E-state index < -0.39 is 0 Å². The molecule has 72 valence electrons. The van der Waals surface area contributed by atoms with E-state index in [4.69, 9.17) is 0 Å². The van der Waals surface area contributed by atoms with Crippen LogP contribution in [0.5, 0.6) is 0 Å². The number of hydrogen-bond acceptors (Lipinski definition) is 2. The van der Waals surface area contributed by atoms with E-state index in [1.165, 1.54) is 17.4 Å². The van der Waals surface area contributed by atoms with E-state index in [1.54, 1.807) is 18.3 Å². The molecule has 2 aromatic rings. The van der Waals surface area contributed by atoms with Gasteiger partial charge in [-0.3, -0.25) is 14.0 Å². The van der Waals surface area contributed by atoms with Gasteiger partial charge in [0.15, 0.2) is 0 Å². The second kappa shape index (κ2) is 3.14. The Morgan fingerprint density at radius 2 is 2.29 bits per heavy atom. The van der Waals surface area contributed by atoms with Crippen molar-refractivity contribution in [3.63, 3.8) is 0 Å². The number of nitrogens with one attached hydrogen (secondary N) is 1. The van der Waals surface area contributed by atoms with Gasteiger partial charge in [-0.25, -0.2) is 0 Å². The molecule has 0 aliphatic rings. The number of pyridine rings is 1. The zero-order valence-electron chi connectivity index (χ0n) is 7.78. The molecule has 0 saturated heterocycles. The van der Waals surface area contributed by atoms with Gasteiger partial charge in [0.1, 0.15) is 11.4 Å². The molecule has 4 nitrogen and oxygen atoms in total. The van der Waals surface area contributed by atoms with E-state index in [2.05, 4.69) is 4.98 Å². The molecule has 14 heavy (non-hydrogen) atoms. The molecule has 0 aliphatic carbocycles. The Balaban J connectivity index is 2.57. The average Bonchev–Trinajstić information content (AvgIpc) is 2.47. The third-order valence-corrected chi connectivity index (χ3v) is 2.00. The highest BCUT2D eigenvalue weighted by atomic mass is 16.1. The smallest absolute Gasteiger partial charge is 0.256 e. The van der Waals surface area contributed by atoms with E-state index in [9.17, 15) is 9.59 Å². The van der Waals surface area contributed by atoms with Gasteiger partial charge in [0.2, 0.25) is 0 Å². The number of Topliss-reactive ketones (excluding diaryl/α,β-unsaturated/α-hetero) is 1. The molecule has 2 heterocycles. The highest BCUT2D eigenvalue weighted by Gasteiger charge is 2.03. The molecule has 4 heteroatoms. The number of hydrogen-bond donors (Lipinski definition) is 1. The van der Waals surface area contributed by atoms with Crippen LogP contribution in [0.1, 0.15) is 12.6 Å². The molecule has 0 radical (unpaired) electrons. The minimum atomic E-state index is -0.0893. The fourth-order valence-electron chi connectivity index (χ4n) is 1.45. The molecule has 0 bridgehead atoms. The molecule has 0 atom stereocenters. The number of H-pyrrole nitrogens is 1. The molecule has 0 saturated carbocycles. The molecule has 2 aromatic heterocycles. The van der Waals surface area contributed by atoms with Gasteiger partial charge < -0.3 is 4.98 Å². The van der Waals surface area contributed by atoms with E-state index in [-0.39, 0.29) is 11.3 Å². The summed E-state index contributed by atoms with van der Waals surface area (Å²) in [5.74, 6) is 0.0737. The van der Waals surface area contributed by atoms with Crippen molar-refractivity contribution in [2.45, 2.75) is 13.3 Å². The summed E-state index contributed by atoms with van der Waals surface area (Å²) in [5, 5.41) is 0. The fraction of sp³-hybridized carbons (Fsp3) is 0.200. The van der Waals surface area contributed by atoms with Gasteiger partial charge in [0.05, 0.1) is 0 Å². The van der Waals surface area contributed by atoms with Gasteiger partial charge in [-0.15, -0.1) is 0 Å². The molecule has 0 amide bonds. The topological polar surface area (TPSA) is 54.3 Å². The number of fused-ring (bicyclic) bond motifs is 1. The van der Waals surface area contributed by atoms with Crippen molar-refractivity contribution in [3.8, 4) is 0 Å². The lowest BCUT2D eigenvalue weighted by atomic mass is 10.2. The van der Waals surface area contributed by atoms with Gasteiger partial charge in [-0.05, 0) is 13.0 Å². The Bertz CT molecular complexity index is 536. The van der Waals surface area contributed by atoms with E-state index >= 15 is 0 Å². The third kappa shape index (κ3) is 1.46. The second-order valence-corrected chi connectivity index (χ2v) is 3.28. The van der Waals surface area contributed by atoms with Crippen LogP contribution in [0.3, 0.4) is 0 Å². The van der Waals surface area contributed by atoms with Crippen molar-refractivity contribution in [3.05, 3.63) is 40.4 Å². The summed E-state index contributed by atoms with van der Waals surface area (Å²) in [4.78, 5) is 25.2. The lowest BCUT2D eigenvalue weighted by Crippen LogP contribution is -2.08. The Morgan fingerprint density at radius 3 is 2.93 bits per heavy atom. The van der Waals surface area contributed by atoms with Crippen LogP contribution in [0.2, 0.25) is 0 Å². The Labute approximate surface area is 80.2 Å². The Morgan fingerprint density at radius 1 is 1.50 bits per heavy atom. The summed E-state index contributed by atoms with van der Waals surface area (Å²) in [5.41, 5.74) is 1.39. The van der Waals surface area contributed by atoms with Gasteiger partial charge in [-0.1, -0.05) is 6.07 Å². The minimum absolute atomic E-state index is 0.0737. The summed E-state index contributed by atoms with van der Waals surface area (Å²) >= 11 is 0. The van der Waals surface area contributed by atoms with Gasteiger partial charge >= 0.3 is 0 Å². The standard InChI is InChI=1S/C10H10N2O2/c1-7(13)5-8-6-12-9(11-8)3-2-4-10(12)14/h2-4,6,11H,5H2,1H3. The van der Waals surface area contributed by atoms with Crippen LogP contribution in [0.25, 0.3) is 5.65 Å². The van der Waals surface area contributed by atoms with Crippen molar-refractivity contribution in [2.24, 2.45) is 0 Å². The molecule has 0 unspecified atom stereocenters. The van der Waals surface area contributed by atoms with Crippen LogP contribution in [0.15, 0.2) is 29.2 Å². The van der Waals surface area contributed by atoms with Crippen LogP contribution in [0, 0.1) is 0 Å². The molecule has 0 spiro atoms. The summed E-state index contributed by atoms with van der Waals surface area (Å²) < 4.78 is 1.50. The predicted octanol–water partition coefficient (Wildman–Crippen LogP) is 0.759. The van der Waals surface area contributed by atoms with Gasteiger partial charge in [0.25, 0.3) is 5.56 Å². The molecule has 2 rings (SSSR count). The van der Waals surface area contributed by atoms with Crippen molar-refractivity contribution in [2.75, 3.05) is 0 Å². The molecular weight excluding hydrogens is 180 g/mol. The van der Waals surface area contributed by atoms with Crippen molar-refractivity contribution < 1.29 is 4.79 Å². The molecule has 1 N–H and O–H groups in total. The van der Waals surface area contributed by atoms with Gasteiger partial charge in [-0.2, -0.15) is 0 Å². The zero-order valence-corrected chi connectivity index (χ0v) is 7.78. The summed E-state index contributed by atoms with van der Waals surface area (Å²) in [6.07, 6.45) is 2.00. The van der Waals surface area contributed by atoms with Crippen LogP contribution >= 0.6 is 0 Å². The number of aromatic nitrogens is 2. The van der Waals surface area contributed by atoms with E-state index in [1.807, 2.05) is 0 Å². The number of aromatic amines is 1. The first-order valence-electron chi connectivity index (χ1n) is 4.35. The lowest BCUT2D eigenvalue weighted by Gasteiger charge is -1.87. The highest BCUT2D eigenvalue weighted by Crippen LogP contribution is 2.02. The van der Waals surface area contributed by atoms with Crippen LogP contribution < -0.4 is 5.56 Å². The normalized spacial score (nSPS) is 10.6. The predicted molar refractivity (Wildman–Crippen MR) is 52.4 cm³/mol. The van der Waals surface area contributed by atoms with Crippen molar-refractivity contribution in [1.82, 2.24) is 9.38 Å². The van der Waals surface area contributed by atoms with E-state index in [0.717, 1.165) is 5.69 Å². The van der Waals surface area contributed by atoms with E-state index in [0.29, 0.717) is 12.1 Å². The van der Waals surface area contributed by atoms with Crippen LogP contribution in [0.4, 0.5) is 0 Å². The first kappa shape index (κ1) is 8.74. The maximum Gasteiger partial charge on any atom is 0.256 e. The number of carbonyl (C=O) groups excluding carboxylic acids is 1. The quantitative estimate of drug-likeness (QED) is 0.760. The first-order chi connectivity index (χ1) is 6.66. The maximum absolute atomic E-state index is 11.3. The summed E-state index contributed by atoms with van der Waals surface area (Å²) in [7, 11) is 0. The Hall–Kier alpha value is -1.84. The maximum atomic E-state index is 11.3. The summed E-state index contributed by atoms with van der Waals surface area (Å²) in [6.45, 7) is 1.52. The van der Waals surface area contributed by atoms with Crippen LogP contribution in [-0.4, -0.2) is 15.2 Å². The summed E-state index contributed by atoms with van der Waals surface area (Å²) in [6, 6.07) is 4.97. The number of nitrogens with zero attached hydrogens (tertiary/aromatic N) is 1. The average molecular weight is 190 g/mol. The number of imidazole rings is 1. The first-order valence-corrected chi connectivity index (χ1v) is 4.35. The third-order valence-electron chi connectivity index (χ3n) is 2.00. The fourth-order valence-corrected chi connectivity index (χ4v) is 1.45. The SMILES string of the molecule is CC(=O)Cc1cn2c(=O)cccc2[nH]1. The number of ketones is 1. The zero-order chi connectivity index (χ0) is 10.1. The molecular formula is C10H10N2O2. The number of carbonyl (C=O) groups is 1. The van der Waals surface area contributed by atoms with Crippen molar-refractivity contribution >= 4 is 11.4 Å². The minimum Gasteiger partial charge on any atom is -0.343 e. The van der Waals surface area contributed by atoms with Crippen LogP contribution in [-0.2, 0) is 11.2 Å². The largest absolute Gasteiger partial charge is 0.343 e. The highest BCUT2D eigenvalue weighted by molar-refractivity contribution is 5.77. The van der Waals surface area contributed by atoms with Crippen molar-refractivity contribution in [1.29, 1.82) is 0 Å². The second-order valence-electron chi connectivity index (χ2n) is 3.28. The monoisotopic (exact) mass is 190 g/mol. The molecule has 0 aromatic carbocycles. The number of rotatable bonds is 2. The lowest BCUT2D eigenvalue weighted by molar-refractivity contribution is -0.116. The van der Waals surface area contributed by atoms with Gasteiger partial charge in [0, 0.05) is 24.4 Å². The Kier molecular flexibility index (Phi) is 1.96.